The van der Waals surface area contributed by atoms with Crippen molar-refractivity contribution in [3.63, 3.8) is 0 Å². The second-order valence-electron chi connectivity index (χ2n) is 4.35. The molecule has 0 spiro atoms. The van der Waals surface area contributed by atoms with E-state index in [9.17, 15) is 9.59 Å². The molecular weight excluding hydrogens is 280 g/mol. The third kappa shape index (κ3) is 3.85. The lowest BCUT2D eigenvalue weighted by Crippen LogP contribution is -2.18. The summed E-state index contributed by atoms with van der Waals surface area (Å²) in [7, 11) is 0. The molecule has 0 fully saturated rings. The maximum atomic E-state index is 11.7. The number of thiazole rings is 1. The van der Waals surface area contributed by atoms with Crippen molar-refractivity contribution in [2.75, 3.05) is 10.6 Å². The lowest BCUT2D eigenvalue weighted by Gasteiger charge is -2.03. The highest BCUT2D eigenvalue weighted by Crippen LogP contribution is 2.16. The van der Waals surface area contributed by atoms with E-state index in [0.717, 1.165) is 0 Å². The number of aromatic amines is 1. The molecule has 0 saturated carbocycles. The summed E-state index contributed by atoms with van der Waals surface area (Å²) in [6, 6.07) is 0. The third-order valence-corrected chi connectivity index (χ3v) is 3.13. The Kier molecular flexibility index (Phi) is 4.41. The van der Waals surface area contributed by atoms with E-state index >= 15 is 0 Å². The van der Waals surface area contributed by atoms with Crippen LogP contribution in [-0.2, 0) is 16.0 Å². The summed E-state index contributed by atoms with van der Waals surface area (Å²) < 4.78 is 0. The maximum absolute atomic E-state index is 11.7. The second kappa shape index (κ2) is 6.24. The summed E-state index contributed by atoms with van der Waals surface area (Å²) in [5, 5.41) is 13.6. The van der Waals surface area contributed by atoms with E-state index in [1.54, 1.807) is 19.2 Å². The van der Waals surface area contributed by atoms with E-state index < -0.39 is 0 Å². The van der Waals surface area contributed by atoms with E-state index in [0.29, 0.717) is 16.8 Å². The van der Waals surface area contributed by atoms with Gasteiger partial charge in [0.05, 0.1) is 12.1 Å². The Morgan fingerprint density at radius 1 is 1.40 bits per heavy atom. The number of rotatable bonds is 5. The summed E-state index contributed by atoms with van der Waals surface area (Å²) >= 11 is 1.29. The van der Waals surface area contributed by atoms with Crippen LogP contribution in [0.4, 0.5) is 11.1 Å². The molecule has 0 aliphatic rings. The average molecular weight is 294 g/mol. The van der Waals surface area contributed by atoms with Crippen molar-refractivity contribution >= 4 is 34.2 Å². The summed E-state index contributed by atoms with van der Waals surface area (Å²) in [5.41, 5.74) is 0.589. The Labute approximate surface area is 119 Å². The van der Waals surface area contributed by atoms with Crippen LogP contribution in [0, 0.1) is 5.92 Å². The number of H-pyrrole nitrogens is 1. The molecule has 0 aromatic carbocycles. The lowest BCUT2D eigenvalue weighted by atomic mass is 10.2. The van der Waals surface area contributed by atoms with Crippen molar-refractivity contribution < 1.29 is 9.59 Å². The van der Waals surface area contributed by atoms with Crippen LogP contribution in [0.2, 0.25) is 0 Å². The van der Waals surface area contributed by atoms with Gasteiger partial charge in [-0.2, -0.15) is 10.1 Å². The van der Waals surface area contributed by atoms with Gasteiger partial charge >= 0.3 is 0 Å². The molecule has 8 nitrogen and oxygen atoms in total. The Balaban J connectivity index is 1.89. The largest absolute Gasteiger partial charge is 0.302 e. The summed E-state index contributed by atoms with van der Waals surface area (Å²) in [4.78, 5) is 31.2. The number of hydrogen-bond acceptors (Lipinski definition) is 6. The number of amides is 2. The van der Waals surface area contributed by atoms with Gasteiger partial charge in [0.1, 0.15) is 6.33 Å². The van der Waals surface area contributed by atoms with Gasteiger partial charge in [-0.3, -0.25) is 14.9 Å². The van der Waals surface area contributed by atoms with Crippen LogP contribution < -0.4 is 10.6 Å². The Bertz CT molecular complexity index is 592. The molecule has 2 aromatic rings. The molecule has 0 unspecified atom stereocenters. The number of aromatic nitrogens is 4. The van der Waals surface area contributed by atoms with Crippen LogP contribution in [0.1, 0.15) is 19.5 Å². The van der Waals surface area contributed by atoms with Gasteiger partial charge in [0, 0.05) is 11.3 Å². The summed E-state index contributed by atoms with van der Waals surface area (Å²) in [6.45, 7) is 3.60. The molecule has 0 atom stereocenters. The molecule has 20 heavy (non-hydrogen) atoms. The molecule has 0 aliphatic heterocycles. The number of nitrogens with one attached hydrogen (secondary N) is 3. The van der Waals surface area contributed by atoms with Gasteiger partial charge in [-0.25, -0.2) is 10.1 Å². The summed E-state index contributed by atoms with van der Waals surface area (Å²) in [6.07, 6.45) is 1.41. The standard InChI is InChI=1S/C11H14N6O2S/c1-6(2)9(19)16-11-14-7(4-20-11)3-8(18)15-10-12-5-13-17-10/h4-6H,3H2,1-2H3,(H,14,16,19)(H2,12,13,15,17,18). The molecule has 0 aliphatic carbocycles. The van der Waals surface area contributed by atoms with Gasteiger partial charge in [-0.1, -0.05) is 13.8 Å². The minimum absolute atomic E-state index is 0.1000. The Morgan fingerprint density at radius 2 is 2.20 bits per heavy atom. The molecule has 2 heterocycles. The van der Waals surface area contributed by atoms with Gasteiger partial charge in [0.2, 0.25) is 17.8 Å². The number of anilines is 2. The smallest absolute Gasteiger partial charge is 0.232 e. The fraction of sp³-hybridized carbons (Fsp3) is 0.364. The van der Waals surface area contributed by atoms with Gasteiger partial charge < -0.3 is 5.32 Å². The van der Waals surface area contributed by atoms with E-state index in [2.05, 4.69) is 30.8 Å². The molecule has 9 heteroatoms. The zero-order chi connectivity index (χ0) is 14.5. The first-order valence-electron chi connectivity index (χ1n) is 5.95. The maximum Gasteiger partial charge on any atom is 0.232 e. The van der Waals surface area contributed by atoms with Crippen molar-refractivity contribution in [1.82, 2.24) is 20.2 Å². The number of hydrogen-bond donors (Lipinski definition) is 3. The molecule has 106 valence electrons. The van der Waals surface area contributed by atoms with Gasteiger partial charge in [0.15, 0.2) is 5.13 Å². The van der Waals surface area contributed by atoms with Crippen molar-refractivity contribution in [3.8, 4) is 0 Å². The Hall–Kier alpha value is -2.29. The zero-order valence-electron chi connectivity index (χ0n) is 11.0. The van der Waals surface area contributed by atoms with Crippen molar-refractivity contribution in [1.29, 1.82) is 0 Å². The topological polar surface area (TPSA) is 113 Å². The predicted octanol–water partition coefficient (Wildman–Crippen LogP) is 1.04. The molecule has 0 saturated heterocycles. The lowest BCUT2D eigenvalue weighted by molar-refractivity contribution is -0.119. The van der Waals surface area contributed by atoms with E-state index in [-0.39, 0.29) is 24.2 Å². The Morgan fingerprint density at radius 3 is 2.85 bits per heavy atom. The fourth-order valence-corrected chi connectivity index (χ4v) is 2.01. The molecule has 2 aromatic heterocycles. The molecule has 0 bridgehead atoms. The number of carbonyl (C=O) groups is 2. The van der Waals surface area contributed by atoms with Gasteiger partial charge in [-0.05, 0) is 0 Å². The van der Waals surface area contributed by atoms with Crippen LogP contribution >= 0.6 is 11.3 Å². The van der Waals surface area contributed by atoms with Crippen LogP contribution in [0.3, 0.4) is 0 Å². The van der Waals surface area contributed by atoms with Crippen molar-refractivity contribution in [3.05, 3.63) is 17.4 Å². The SMILES string of the molecule is CC(C)C(=O)Nc1nc(CC(=O)Nc2ncn[nH]2)cs1. The fourth-order valence-electron chi connectivity index (χ4n) is 1.30. The number of carbonyl (C=O) groups excluding carboxylic acids is 2. The van der Waals surface area contributed by atoms with Crippen molar-refractivity contribution in [2.45, 2.75) is 20.3 Å². The van der Waals surface area contributed by atoms with Gasteiger partial charge in [-0.15, -0.1) is 11.3 Å². The monoisotopic (exact) mass is 294 g/mol. The van der Waals surface area contributed by atoms with Gasteiger partial charge in [0.25, 0.3) is 0 Å². The van der Waals surface area contributed by atoms with Crippen LogP contribution in [0.5, 0.6) is 0 Å². The second-order valence-corrected chi connectivity index (χ2v) is 5.21. The normalized spacial score (nSPS) is 10.6. The first-order chi connectivity index (χ1) is 9.54. The molecule has 2 amide bonds. The van der Waals surface area contributed by atoms with Crippen molar-refractivity contribution in [2.24, 2.45) is 5.92 Å². The van der Waals surface area contributed by atoms with Crippen LogP contribution in [0.15, 0.2) is 11.7 Å². The van der Waals surface area contributed by atoms with Crippen LogP contribution in [0.25, 0.3) is 0 Å². The zero-order valence-corrected chi connectivity index (χ0v) is 11.8. The predicted molar refractivity (Wildman–Crippen MR) is 74.3 cm³/mol. The average Bonchev–Trinajstić information content (AvgIpc) is 3.01. The quantitative estimate of drug-likeness (QED) is 0.762. The highest BCUT2D eigenvalue weighted by atomic mass is 32.1. The number of nitrogens with zero attached hydrogens (tertiary/aromatic N) is 3. The minimum atomic E-state index is -0.256. The minimum Gasteiger partial charge on any atom is -0.302 e. The highest BCUT2D eigenvalue weighted by molar-refractivity contribution is 7.13. The molecule has 2 rings (SSSR count). The molecular formula is C11H14N6O2S. The molecule has 0 radical (unpaired) electrons. The summed E-state index contributed by atoms with van der Waals surface area (Å²) in [5.74, 6) is -0.179. The first kappa shape index (κ1) is 14.1. The first-order valence-corrected chi connectivity index (χ1v) is 6.83. The van der Waals surface area contributed by atoms with E-state index in [4.69, 9.17) is 0 Å². The molecule has 3 N–H and O–H groups in total. The third-order valence-electron chi connectivity index (χ3n) is 2.32. The van der Waals surface area contributed by atoms with E-state index in [1.807, 2.05) is 0 Å². The van der Waals surface area contributed by atoms with E-state index in [1.165, 1.54) is 17.7 Å². The highest BCUT2D eigenvalue weighted by Gasteiger charge is 2.12. The van der Waals surface area contributed by atoms with Crippen LogP contribution in [-0.4, -0.2) is 32.0 Å².